The lowest BCUT2D eigenvalue weighted by Gasteiger charge is -2.35. The van der Waals surface area contributed by atoms with Crippen molar-refractivity contribution in [2.24, 2.45) is 5.92 Å². The van der Waals surface area contributed by atoms with Crippen molar-refractivity contribution in [1.29, 1.82) is 0 Å². The predicted molar refractivity (Wildman–Crippen MR) is 86.0 cm³/mol. The van der Waals surface area contributed by atoms with Gasteiger partial charge in [0.05, 0.1) is 19.1 Å². The third kappa shape index (κ3) is 4.02. The predicted octanol–water partition coefficient (Wildman–Crippen LogP) is -1.01. The van der Waals surface area contributed by atoms with Gasteiger partial charge in [-0.15, -0.1) is 0 Å². The van der Waals surface area contributed by atoms with Crippen LogP contribution in [-0.2, 0) is 14.3 Å². The fourth-order valence-corrected chi connectivity index (χ4v) is 3.64. The summed E-state index contributed by atoms with van der Waals surface area (Å²) in [6.45, 7) is 10.1. The van der Waals surface area contributed by atoms with E-state index in [1.165, 1.54) is 0 Å². The van der Waals surface area contributed by atoms with Crippen LogP contribution in [0, 0.1) is 5.92 Å². The van der Waals surface area contributed by atoms with E-state index in [2.05, 4.69) is 17.1 Å². The van der Waals surface area contributed by atoms with Gasteiger partial charge < -0.3 is 19.9 Å². The molecule has 7 nitrogen and oxygen atoms in total. The van der Waals surface area contributed by atoms with E-state index in [9.17, 15) is 9.59 Å². The van der Waals surface area contributed by atoms with Crippen LogP contribution in [0.4, 0.5) is 0 Å². The SMILES string of the molecule is C[C@@H]1CNCCN1C(=O)C1CC(=O)N(CCN2CCOCC2)C1. The number of hydrogen-bond donors (Lipinski definition) is 1. The molecular formula is C16H28N4O3. The molecule has 3 aliphatic heterocycles. The fourth-order valence-electron chi connectivity index (χ4n) is 3.64. The number of nitrogens with zero attached hydrogens (tertiary/aromatic N) is 3. The highest BCUT2D eigenvalue weighted by Gasteiger charge is 2.38. The number of nitrogens with one attached hydrogen (secondary N) is 1. The van der Waals surface area contributed by atoms with Crippen molar-refractivity contribution in [3.63, 3.8) is 0 Å². The van der Waals surface area contributed by atoms with E-state index in [0.29, 0.717) is 13.0 Å². The molecule has 0 aromatic carbocycles. The molecule has 3 fully saturated rings. The minimum atomic E-state index is -0.160. The van der Waals surface area contributed by atoms with E-state index in [1.54, 1.807) is 0 Å². The molecule has 23 heavy (non-hydrogen) atoms. The standard InChI is InChI=1S/C16H28N4O3/c1-13-11-17-2-3-20(13)16(22)14-10-15(21)19(12-14)5-4-18-6-8-23-9-7-18/h13-14,17H,2-12H2,1H3/t13-,14?/m1/s1. The summed E-state index contributed by atoms with van der Waals surface area (Å²) in [6, 6.07) is 0.216. The number of ether oxygens (including phenoxy) is 1. The first-order chi connectivity index (χ1) is 11.1. The molecular weight excluding hydrogens is 296 g/mol. The topological polar surface area (TPSA) is 65.1 Å². The van der Waals surface area contributed by atoms with Crippen molar-refractivity contribution in [3.05, 3.63) is 0 Å². The Bertz CT molecular complexity index is 439. The Morgan fingerprint density at radius 1 is 1.26 bits per heavy atom. The number of piperazine rings is 1. The highest BCUT2D eigenvalue weighted by molar-refractivity contribution is 5.89. The lowest BCUT2D eigenvalue weighted by Crippen LogP contribution is -2.54. The Morgan fingerprint density at radius 3 is 2.78 bits per heavy atom. The van der Waals surface area contributed by atoms with Gasteiger partial charge in [0.15, 0.2) is 0 Å². The Morgan fingerprint density at radius 2 is 2.04 bits per heavy atom. The zero-order valence-corrected chi connectivity index (χ0v) is 14.0. The van der Waals surface area contributed by atoms with E-state index in [-0.39, 0.29) is 23.8 Å². The average molecular weight is 324 g/mol. The molecule has 0 saturated carbocycles. The summed E-state index contributed by atoms with van der Waals surface area (Å²) in [5.41, 5.74) is 0. The molecule has 0 aromatic rings. The first-order valence-corrected chi connectivity index (χ1v) is 8.74. The Labute approximate surface area is 137 Å². The summed E-state index contributed by atoms with van der Waals surface area (Å²) >= 11 is 0. The molecule has 2 atom stereocenters. The van der Waals surface area contributed by atoms with E-state index in [0.717, 1.165) is 59.0 Å². The first-order valence-electron chi connectivity index (χ1n) is 8.74. The molecule has 1 unspecified atom stereocenters. The second-order valence-electron chi connectivity index (χ2n) is 6.78. The van der Waals surface area contributed by atoms with Crippen LogP contribution >= 0.6 is 0 Å². The van der Waals surface area contributed by atoms with Gasteiger partial charge in [-0.25, -0.2) is 0 Å². The number of morpholine rings is 1. The molecule has 1 N–H and O–H groups in total. The second-order valence-corrected chi connectivity index (χ2v) is 6.78. The molecule has 0 spiro atoms. The van der Waals surface area contributed by atoms with Crippen molar-refractivity contribution in [3.8, 4) is 0 Å². The van der Waals surface area contributed by atoms with Gasteiger partial charge in [0.1, 0.15) is 0 Å². The van der Waals surface area contributed by atoms with Gasteiger partial charge in [-0.1, -0.05) is 0 Å². The summed E-state index contributed by atoms with van der Waals surface area (Å²) < 4.78 is 5.34. The van der Waals surface area contributed by atoms with Crippen LogP contribution in [0.3, 0.4) is 0 Å². The third-order valence-corrected chi connectivity index (χ3v) is 5.14. The summed E-state index contributed by atoms with van der Waals surface area (Å²) in [4.78, 5) is 31.1. The van der Waals surface area contributed by atoms with Crippen molar-refractivity contribution < 1.29 is 14.3 Å². The highest BCUT2D eigenvalue weighted by Crippen LogP contribution is 2.21. The monoisotopic (exact) mass is 324 g/mol. The number of rotatable bonds is 4. The van der Waals surface area contributed by atoms with Gasteiger partial charge in [0.25, 0.3) is 0 Å². The maximum absolute atomic E-state index is 12.7. The molecule has 0 radical (unpaired) electrons. The molecule has 3 rings (SSSR count). The number of hydrogen-bond acceptors (Lipinski definition) is 5. The van der Waals surface area contributed by atoms with Crippen LogP contribution in [0.2, 0.25) is 0 Å². The van der Waals surface area contributed by atoms with Crippen molar-refractivity contribution in [2.75, 3.05) is 65.6 Å². The minimum absolute atomic E-state index is 0.124. The van der Waals surface area contributed by atoms with Crippen LogP contribution in [0.5, 0.6) is 0 Å². The van der Waals surface area contributed by atoms with Gasteiger partial charge in [-0.2, -0.15) is 0 Å². The van der Waals surface area contributed by atoms with Gasteiger partial charge >= 0.3 is 0 Å². The maximum atomic E-state index is 12.7. The largest absolute Gasteiger partial charge is 0.379 e. The number of carbonyl (C=O) groups excluding carboxylic acids is 2. The second kappa shape index (κ2) is 7.59. The maximum Gasteiger partial charge on any atom is 0.228 e. The Balaban J connectivity index is 1.49. The normalized spacial score (nSPS) is 30.0. The van der Waals surface area contributed by atoms with Gasteiger partial charge in [-0.05, 0) is 6.92 Å². The summed E-state index contributed by atoms with van der Waals surface area (Å²) in [6.07, 6.45) is 0.374. The molecule has 130 valence electrons. The summed E-state index contributed by atoms with van der Waals surface area (Å²) in [5, 5.41) is 3.30. The van der Waals surface area contributed by atoms with Crippen LogP contribution < -0.4 is 5.32 Å². The van der Waals surface area contributed by atoms with Crippen molar-refractivity contribution >= 4 is 11.8 Å². The average Bonchev–Trinajstić information content (AvgIpc) is 2.95. The van der Waals surface area contributed by atoms with E-state index in [1.807, 2.05) is 9.80 Å². The highest BCUT2D eigenvalue weighted by atomic mass is 16.5. The van der Waals surface area contributed by atoms with Crippen LogP contribution in [0.15, 0.2) is 0 Å². The summed E-state index contributed by atoms with van der Waals surface area (Å²) in [7, 11) is 0. The van der Waals surface area contributed by atoms with E-state index < -0.39 is 0 Å². The smallest absolute Gasteiger partial charge is 0.228 e. The molecule has 0 bridgehead atoms. The molecule has 3 heterocycles. The molecule has 0 aromatic heterocycles. The molecule has 3 aliphatic rings. The Kier molecular flexibility index (Phi) is 5.50. The van der Waals surface area contributed by atoms with Gasteiger partial charge in [0.2, 0.25) is 11.8 Å². The van der Waals surface area contributed by atoms with Crippen LogP contribution in [0.25, 0.3) is 0 Å². The Hall–Kier alpha value is -1.18. The van der Waals surface area contributed by atoms with Crippen molar-refractivity contribution in [1.82, 2.24) is 20.0 Å². The zero-order valence-electron chi connectivity index (χ0n) is 14.0. The zero-order chi connectivity index (χ0) is 16.2. The lowest BCUT2D eigenvalue weighted by molar-refractivity contribution is -0.138. The lowest BCUT2D eigenvalue weighted by atomic mass is 10.1. The third-order valence-electron chi connectivity index (χ3n) is 5.14. The van der Waals surface area contributed by atoms with Gasteiger partial charge in [-0.3, -0.25) is 14.5 Å². The molecule has 7 heteroatoms. The fraction of sp³-hybridized carbons (Fsp3) is 0.875. The molecule has 3 saturated heterocycles. The minimum Gasteiger partial charge on any atom is -0.379 e. The number of carbonyl (C=O) groups is 2. The molecule has 0 aliphatic carbocycles. The summed E-state index contributed by atoms with van der Waals surface area (Å²) in [5.74, 6) is 0.119. The molecule has 2 amide bonds. The number of likely N-dealkylation sites (tertiary alicyclic amines) is 1. The van der Waals surface area contributed by atoms with E-state index in [4.69, 9.17) is 4.74 Å². The van der Waals surface area contributed by atoms with Crippen molar-refractivity contribution in [2.45, 2.75) is 19.4 Å². The number of amides is 2. The first kappa shape index (κ1) is 16.7. The van der Waals surface area contributed by atoms with Crippen LogP contribution in [-0.4, -0.2) is 98.1 Å². The van der Waals surface area contributed by atoms with Crippen LogP contribution in [0.1, 0.15) is 13.3 Å². The van der Waals surface area contributed by atoms with E-state index >= 15 is 0 Å². The quantitative estimate of drug-likeness (QED) is 0.718. The van der Waals surface area contributed by atoms with Gasteiger partial charge in [0, 0.05) is 64.8 Å².